The van der Waals surface area contributed by atoms with Crippen molar-refractivity contribution in [2.45, 2.75) is 58.0 Å². The summed E-state index contributed by atoms with van der Waals surface area (Å²) in [6.45, 7) is 8.96. The summed E-state index contributed by atoms with van der Waals surface area (Å²) in [6.07, 6.45) is 5.59. The topological polar surface area (TPSA) is 44.4 Å². The maximum Gasteiger partial charge on any atom is 0.237 e. The Labute approximate surface area is 117 Å². The van der Waals surface area contributed by atoms with Crippen LogP contribution in [0.2, 0.25) is 0 Å². The number of rotatable bonds is 4. The molecule has 4 heteroatoms. The van der Waals surface area contributed by atoms with Gasteiger partial charge in [-0.25, -0.2) is 0 Å². The van der Waals surface area contributed by atoms with Crippen molar-refractivity contribution < 1.29 is 4.79 Å². The van der Waals surface area contributed by atoms with E-state index in [1.807, 2.05) is 0 Å². The first-order chi connectivity index (χ1) is 9.15. The van der Waals surface area contributed by atoms with Gasteiger partial charge < -0.3 is 15.5 Å². The number of hydrogen-bond acceptors (Lipinski definition) is 3. The molecule has 2 N–H and O–H groups in total. The fourth-order valence-electron chi connectivity index (χ4n) is 3.15. The Bertz CT molecular complexity index is 279. The van der Waals surface area contributed by atoms with Crippen LogP contribution in [0.15, 0.2) is 0 Å². The SMILES string of the molecule is CC(C)CN1CCC(NC(=O)[C@H]2CCCCN2)CC1. The highest BCUT2D eigenvalue weighted by molar-refractivity contribution is 5.82. The molecule has 2 fully saturated rings. The van der Waals surface area contributed by atoms with Gasteiger partial charge in [-0.05, 0) is 38.1 Å². The third kappa shape index (κ3) is 4.77. The third-order valence-corrected chi connectivity index (χ3v) is 4.18. The third-order valence-electron chi connectivity index (χ3n) is 4.18. The van der Waals surface area contributed by atoms with Gasteiger partial charge in [-0.1, -0.05) is 20.3 Å². The molecule has 0 unspecified atom stereocenters. The average Bonchev–Trinajstić information content (AvgIpc) is 2.41. The largest absolute Gasteiger partial charge is 0.352 e. The van der Waals surface area contributed by atoms with Crippen LogP contribution in [0.1, 0.15) is 46.0 Å². The van der Waals surface area contributed by atoms with Crippen LogP contribution in [0.4, 0.5) is 0 Å². The lowest BCUT2D eigenvalue weighted by Crippen LogP contribution is -2.52. The van der Waals surface area contributed by atoms with Gasteiger partial charge in [0.15, 0.2) is 0 Å². The molecule has 2 aliphatic rings. The van der Waals surface area contributed by atoms with Gasteiger partial charge in [0.05, 0.1) is 6.04 Å². The van der Waals surface area contributed by atoms with Crippen LogP contribution in [0, 0.1) is 5.92 Å². The molecule has 0 aromatic heterocycles. The van der Waals surface area contributed by atoms with Gasteiger partial charge in [-0.3, -0.25) is 4.79 Å². The van der Waals surface area contributed by atoms with Crippen molar-refractivity contribution in [2.24, 2.45) is 5.92 Å². The molecule has 0 aromatic rings. The predicted octanol–water partition coefficient (Wildman–Crippen LogP) is 1.37. The van der Waals surface area contributed by atoms with E-state index in [4.69, 9.17) is 0 Å². The second kappa shape index (κ2) is 7.25. The number of hydrogen-bond donors (Lipinski definition) is 2. The van der Waals surface area contributed by atoms with E-state index in [1.54, 1.807) is 0 Å². The summed E-state index contributed by atoms with van der Waals surface area (Å²) in [6, 6.07) is 0.446. The van der Waals surface area contributed by atoms with Crippen molar-refractivity contribution in [3.8, 4) is 0 Å². The Hall–Kier alpha value is -0.610. The van der Waals surface area contributed by atoms with Gasteiger partial charge in [-0.15, -0.1) is 0 Å². The average molecular weight is 267 g/mol. The second-order valence-corrected chi connectivity index (χ2v) is 6.48. The first-order valence-corrected chi connectivity index (χ1v) is 7.91. The van der Waals surface area contributed by atoms with Crippen LogP contribution >= 0.6 is 0 Å². The molecule has 2 rings (SSSR count). The molecule has 19 heavy (non-hydrogen) atoms. The quantitative estimate of drug-likeness (QED) is 0.808. The van der Waals surface area contributed by atoms with E-state index in [1.165, 1.54) is 19.4 Å². The summed E-state index contributed by atoms with van der Waals surface area (Å²) in [4.78, 5) is 14.7. The van der Waals surface area contributed by atoms with E-state index >= 15 is 0 Å². The fourth-order valence-corrected chi connectivity index (χ4v) is 3.15. The van der Waals surface area contributed by atoms with Crippen molar-refractivity contribution in [3.63, 3.8) is 0 Å². The molecule has 2 saturated heterocycles. The zero-order valence-electron chi connectivity index (χ0n) is 12.5. The van der Waals surface area contributed by atoms with Crippen molar-refractivity contribution in [3.05, 3.63) is 0 Å². The summed E-state index contributed by atoms with van der Waals surface area (Å²) in [5.41, 5.74) is 0. The van der Waals surface area contributed by atoms with Crippen LogP contribution in [-0.4, -0.2) is 49.1 Å². The van der Waals surface area contributed by atoms with E-state index in [0.717, 1.165) is 44.8 Å². The molecule has 0 aliphatic carbocycles. The minimum Gasteiger partial charge on any atom is -0.352 e. The maximum absolute atomic E-state index is 12.1. The summed E-state index contributed by atoms with van der Waals surface area (Å²) < 4.78 is 0. The number of carbonyl (C=O) groups is 1. The fraction of sp³-hybridized carbons (Fsp3) is 0.933. The molecule has 2 aliphatic heterocycles. The molecule has 0 aromatic carbocycles. The Morgan fingerprint density at radius 2 is 2.00 bits per heavy atom. The Morgan fingerprint density at radius 1 is 1.26 bits per heavy atom. The zero-order chi connectivity index (χ0) is 13.7. The minimum atomic E-state index is 0.0578. The maximum atomic E-state index is 12.1. The summed E-state index contributed by atoms with van der Waals surface area (Å²) in [5.74, 6) is 0.958. The van der Waals surface area contributed by atoms with Crippen LogP contribution in [0.25, 0.3) is 0 Å². The van der Waals surface area contributed by atoms with Gasteiger partial charge in [0, 0.05) is 25.7 Å². The summed E-state index contributed by atoms with van der Waals surface area (Å²) in [5, 5.41) is 6.56. The highest BCUT2D eigenvalue weighted by Gasteiger charge is 2.25. The number of carbonyl (C=O) groups excluding carboxylic acids is 1. The van der Waals surface area contributed by atoms with Crippen LogP contribution in [-0.2, 0) is 4.79 Å². The van der Waals surface area contributed by atoms with E-state index in [2.05, 4.69) is 29.4 Å². The van der Waals surface area contributed by atoms with Crippen LogP contribution < -0.4 is 10.6 Å². The standard InChI is InChI=1S/C15H29N3O/c1-12(2)11-18-9-6-13(7-10-18)17-15(19)14-5-3-4-8-16-14/h12-14,16H,3-11H2,1-2H3,(H,17,19)/t14-/m1/s1. The zero-order valence-corrected chi connectivity index (χ0v) is 12.5. The van der Waals surface area contributed by atoms with Gasteiger partial charge in [0.1, 0.15) is 0 Å². The minimum absolute atomic E-state index is 0.0578. The molecule has 0 bridgehead atoms. The van der Waals surface area contributed by atoms with E-state index in [-0.39, 0.29) is 11.9 Å². The van der Waals surface area contributed by atoms with Crippen LogP contribution in [0.5, 0.6) is 0 Å². The van der Waals surface area contributed by atoms with E-state index in [0.29, 0.717) is 6.04 Å². The summed E-state index contributed by atoms with van der Waals surface area (Å²) in [7, 11) is 0. The van der Waals surface area contributed by atoms with Crippen LogP contribution in [0.3, 0.4) is 0 Å². The lowest BCUT2D eigenvalue weighted by Gasteiger charge is -2.34. The molecule has 0 spiro atoms. The molecular weight excluding hydrogens is 238 g/mol. The number of amides is 1. The number of nitrogens with zero attached hydrogens (tertiary/aromatic N) is 1. The molecule has 1 atom stereocenters. The van der Waals surface area contributed by atoms with Crippen molar-refractivity contribution in [2.75, 3.05) is 26.2 Å². The highest BCUT2D eigenvalue weighted by Crippen LogP contribution is 2.13. The first-order valence-electron chi connectivity index (χ1n) is 7.91. The number of likely N-dealkylation sites (tertiary alicyclic amines) is 1. The smallest absolute Gasteiger partial charge is 0.237 e. The lowest BCUT2D eigenvalue weighted by atomic mass is 10.0. The van der Waals surface area contributed by atoms with Gasteiger partial charge >= 0.3 is 0 Å². The molecule has 0 saturated carbocycles. The number of piperidine rings is 2. The van der Waals surface area contributed by atoms with Gasteiger partial charge in [0.2, 0.25) is 5.91 Å². The Kier molecular flexibility index (Phi) is 5.64. The molecule has 4 nitrogen and oxygen atoms in total. The van der Waals surface area contributed by atoms with Crippen molar-refractivity contribution in [1.29, 1.82) is 0 Å². The van der Waals surface area contributed by atoms with E-state index < -0.39 is 0 Å². The van der Waals surface area contributed by atoms with Gasteiger partial charge in [-0.2, -0.15) is 0 Å². The predicted molar refractivity (Wildman–Crippen MR) is 78.1 cm³/mol. The first kappa shape index (κ1) is 14.8. The molecule has 1 amide bonds. The molecule has 110 valence electrons. The number of nitrogens with one attached hydrogen (secondary N) is 2. The molecule has 2 heterocycles. The Morgan fingerprint density at radius 3 is 2.58 bits per heavy atom. The van der Waals surface area contributed by atoms with Gasteiger partial charge in [0.25, 0.3) is 0 Å². The Balaban J connectivity index is 1.68. The molecular formula is C15H29N3O. The summed E-state index contributed by atoms with van der Waals surface area (Å²) >= 11 is 0. The monoisotopic (exact) mass is 267 g/mol. The normalized spacial score (nSPS) is 26.6. The highest BCUT2D eigenvalue weighted by atomic mass is 16.2. The second-order valence-electron chi connectivity index (χ2n) is 6.48. The van der Waals surface area contributed by atoms with Crippen molar-refractivity contribution in [1.82, 2.24) is 15.5 Å². The lowest BCUT2D eigenvalue weighted by molar-refractivity contribution is -0.124. The van der Waals surface area contributed by atoms with Crippen molar-refractivity contribution >= 4 is 5.91 Å². The molecule has 0 radical (unpaired) electrons. The van der Waals surface area contributed by atoms with E-state index in [9.17, 15) is 4.79 Å².